The van der Waals surface area contributed by atoms with Crippen LogP contribution in [0.15, 0.2) is 0 Å². The molecule has 0 aromatic rings. The van der Waals surface area contributed by atoms with Crippen molar-refractivity contribution in [3.63, 3.8) is 0 Å². The molecule has 0 aromatic carbocycles. The van der Waals surface area contributed by atoms with E-state index in [-0.39, 0.29) is 18.4 Å². The second-order valence-electron chi connectivity index (χ2n) is 6.22. The SMILES string of the molecule is CC(=O)C(F)CC1CCN(C(=O)OC(C)(C)C)CC1. The maximum absolute atomic E-state index is 13.3. The van der Waals surface area contributed by atoms with Crippen molar-refractivity contribution in [3.05, 3.63) is 0 Å². The molecule has 0 aliphatic carbocycles. The Morgan fingerprint density at radius 3 is 2.26 bits per heavy atom. The van der Waals surface area contributed by atoms with E-state index < -0.39 is 17.6 Å². The van der Waals surface area contributed by atoms with E-state index in [0.29, 0.717) is 13.1 Å². The molecule has 1 aliphatic heterocycles. The molecule has 1 heterocycles. The van der Waals surface area contributed by atoms with E-state index in [9.17, 15) is 14.0 Å². The Morgan fingerprint density at radius 1 is 1.32 bits per heavy atom. The van der Waals surface area contributed by atoms with Gasteiger partial charge in [-0.25, -0.2) is 9.18 Å². The number of nitrogens with zero attached hydrogens (tertiary/aromatic N) is 1. The van der Waals surface area contributed by atoms with Gasteiger partial charge < -0.3 is 9.64 Å². The minimum atomic E-state index is -1.36. The molecule has 0 aromatic heterocycles. The molecule has 0 spiro atoms. The number of hydrogen-bond donors (Lipinski definition) is 0. The first-order valence-electron chi connectivity index (χ1n) is 6.81. The van der Waals surface area contributed by atoms with Crippen molar-refractivity contribution >= 4 is 11.9 Å². The lowest BCUT2D eigenvalue weighted by Crippen LogP contribution is -2.42. The average Bonchev–Trinajstić information content (AvgIpc) is 2.27. The molecule has 0 saturated carbocycles. The highest BCUT2D eigenvalue weighted by Crippen LogP contribution is 2.24. The van der Waals surface area contributed by atoms with Gasteiger partial charge in [0.15, 0.2) is 12.0 Å². The summed E-state index contributed by atoms with van der Waals surface area (Å²) in [5.41, 5.74) is -0.493. The van der Waals surface area contributed by atoms with Gasteiger partial charge in [-0.05, 0) is 52.9 Å². The largest absolute Gasteiger partial charge is 0.444 e. The summed E-state index contributed by atoms with van der Waals surface area (Å²) in [6.07, 6.45) is 0.0598. The molecule has 0 bridgehead atoms. The maximum atomic E-state index is 13.3. The Kier molecular flexibility index (Phi) is 5.32. The molecule has 1 fully saturated rings. The van der Waals surface area contributed by atoms with Crippen LogP contribution in [0.1, 0.15) is 47.0 Å². The predicted octanol–water partition coefficient (Wildman–Crippen LogP) is 2.95. The second-order valence-corrected chi connectivity index (χ2v) is 6.22. The van der Waals surface area contributed by atoms with Crippen molar-refractivity contribution in [2.45, 2.75) is 58.7 Å². The van der Waals surface area contributed by atoms with Crippen LogP contribution in [0.5, 0.6) is 0 Å². The Balaban J connectivity index is 2.36. The minimum Gasteiger partial charge on any atom is -0.444 e. The number of Topliss-reactive ketones (excluding diaryl/α,β-unsaturated/α-hetero) is 1. The first-order valence-corrected chi connectivity index (χ1v) is 6.81. The number of carbonyl (C=O) groups excluding carboxylic acids is 2. The molecular formula is C14H24FNO3. The molecule has 110 valence electrons. The number of hydrogen-bond acceptors (Lipinski definition) is 3. The zero-order valence-electron chi connectivity index (χ0n) is 12.2. The van der Waals surface area contributed by atoms with Crippen molar-refractivity contribution in [3.8, 4) is 0 Å². The predicted molar refractivity (Wildman–Crippen MR) is 70.7 cm³/mol. The first-order chi connectivity index (χ1) is 8.69. The van der Waals surface area contributed by atoms with Crippen LogP contribution in [0.25, 0.3) is 0 Å². The molecule has 1 saturated heterocycles. The normalized spacial score (nSPS) is 19.1. The smallest absolute Gasteiger partial charge is 0.410 e. The molecule has 19 heavy (non-hydrogen) atoms. The summed E-state index contributed by atoms with van der Waals surface area (Å²) < 4.78 is 18.6. The molecule has 5 heteroatoms. The number of amides is 1. The van der Waals surface area contributed by atoms with Crippen molar-refractivity contribution in [2.75, 3.05) is 13.1 Å². The van der Waals surface area contributed by atoms with Gasteiger partial charge in [-0.15, -0.1) is 0 Å². The fourth-order valence-electron chi connectivity index (χ4n) is 2.14. The van der Waals surface area contributed by atoms with Crippen LogP contribution in [0.3, 0.4) is 0 Å². The number of alkyl halides is 1. The summed E-state index contributed by atoms with van der Waals surface area (Å²) in [5, 5.41) is 0. The summed E-state index contributed by atoms with van der Waals surface area (Å²) in [5.74, 6) is -0.229. The molecule has 0 radical (unpaired) electrons. The first kappa shape index (κ1) is 15.9. The van der Waals surface area contributed by atoms with Gasteiger partial charge in [0.25, 0.3) is 0 Å². The van der Waals surface area contributed by atoms with Gasteiger partial charge in [0.05, 0.1) is 0 Å². The van der Waals surface area contributed by atoms with Crippen molar-refractivity contribution < 1.29 is 18.7 Å². The van der Waals surface area contributed by atoms with Crippen LogP contribution in [-0.2, 0) is 9.53 Å². The third kappa shape index (κ3) is 5.57. The highest BCUT2D eigenvalue weighted by atomic mass is 19.1. The fraction of sp³-hybridized carbons (Fsp3) is 0.857. The Bertz CT molecular complexity index is 330. The summed E-state index contributed by atoms with van der Waals surface area (Å²) in [6, 6.07) is 0. The number of rotatable bonds is 3. The van der Waals surface area contributed by atoms with E-state index in [1.54, 1.807) is 4.90 Å². The Labute approximate surface area is 114 Å². The number of halogens is 1. The summed E-state index contributed by atoms with van der Waals surface area (Å²) in [4.78, 5) is 24.4. The third-order valence-electron chi connectivity index (χ3n) is 3.25. The third-order valence-corrected chi connectivity index (χ3v) is 3.25. The molecule has 1 atom stereocenters. The van der Waals surface area contributed by atoms with E-state index in [1.807, 2.05) is 20.8 Å². The van der Waals surface area contributed by atoms with Gasteiger partial charge in [-0.1, -0.05) is 0 Å². The topological polar surface area (TPSA) is 46.6 Å². The van der Waals surface area contributed by atoms with Crippen LogP contribution in [0.2, 0.25) is 0 Å². The van der Waals surface area contributed by atoms with Gasteiger partial charge in [0.1, 0.15) is 5.60 Å². The molecular weight excluding hydrogens is 249 g/mol. The van der Waals surface area contributed by atoms with Crippen molar-refractivity contribution in [2.24, 2.45) is 5.92 Å². The number of ketones is 1. The molecule has 1 rings (SSSR count). The number of likely N-dealkylation sites (tertiary alicyclic amines) is 1. The Hall–Kier alpha value is -1.13. The van der Waals surface area contributed by atoms with Crippen molar-refractivity contribution in [1.29, 1.82) is 0 Å². The van der Waals surface area contributed by atoms with Gasteiger partial charge in [0, 0.05) is 13.1 Å². The monoisotopic (exact) mass is 273 g/mol. The molecule has 0 N–H and O–H groups in total. The zero-order chi connectivity index (χ0) is 14.6. The summed E-state index contributed by atoms with van der Waals surface area (Å²) in [6.45, 7) is 7.92. The van der Waals surface area contributed by atoms with E-state index in [1.165, 1.54) is 6.92 Å². The van der Waals surface area contributed by atoms with E-state index >= 15 is 0 Å². The van der Waals surface area contributed by atoms with Gasteiger partial charge >= 0.3 is 6.09 Å². The van der Waals surface area contributed by atoms with Crippen LogP contribution >= 0.6 is 0 Å². The van der Waals surface area contributed by atoms with E-state index in [4.69, 9.17) is 4.74 Å². The minimum absolute atomic E-state index is 0.178. The molecule has 1 unspecified atom stereocenters. The highest BCUT2D eigenvalue weighted by Gasteiger charge is 2.28. The molecule has 1 amide bonds. The lowest BCUT2D eigenvalue weighted by Gasteiger charge is -2.33. The number of piperidine rings is 1. The summed E-state index contributed by atoms with van der Waals surface area (Å²) >= 11 is 0. The van der Waals surface area contributed by atoms with Gasteiger partial charge in [0.2, 0.25) is 0 Å². The van der Waals surface area contributed by atoms with Crippen LogP contribution in [0, 0.1) is 5.92 Å². The average molecular weight is 273 g/mol. The summed E-state index contributed by atoms with van der Waals surface area (Å²) in [7, 11) is 0. The Morgan fingerprint density at radius 2 is 1.84 bits per heavy atom. The van der Waals surface area contributed by atoms with Crippen LogP contribution < -0.4 is 0 Å². The van der Waals surface area contributed by atoms with E-state index in [0.717, 1.165) is 12.8 Å². The molecule has 1 aliphatic rings. The fourth-order valence-corrected chi connectivity index (χ4v) is 2.14. The van der Waals surface area contributed by atoms with E-state index in [2.05, 4.69) is 0 Å². The quantitative estimate of drug-likeness (QED) is 0.794. The zero-order valence-corrected chi connectivity index (χ0v) is 12.2. The van der Waals surface area contributed by atoms with Crippen molar-refractivity contribution in [1.82, 2.24) is 4.90 Å². The van der Waals surface area contributed by atoms with Crippen LogP contribution in [0.4, 0.5) is 9.18 Å². The second kappa shape index (κ2) is 6.35. The number of carbonyl (C=O) groups is 2. The lowest BCUT2D eigenvalue weighted by molar-refractivity contribution is -0.122. The number of ether oxygens (including phenoxy) is 1. The lowest BCUT2D eigenvalue weighted by atomic mass is 9.91. The van der Waals surface area contributed by atoms with Crippen LogP contribution in [-0.4, -0.2) is 41.6 Å². The maximum Gasteiger partial charge on any atom is 0.410 e. The van der Waals surface area contributed by atoms with Gasteiger partial charge in [-0.3, -0.25) is 4.79 Å². The van der Waals surface area contributed by atoms with Gasteiger partial charge in [-0.2, -0.15) is 0 Å². The molecule has 4 nitrogen and oxygen atoms in total. The standard InChI is InChI=1S/C14H24FNO3/c1-10(17)12(15)9-11-5-7-16(8-6-11)13(18)19-14(2,3)4/h11-12H,5-9H2,1-4H3. The highest BCUT2D eigenvalue weighted by molar-refractivity contribution is 5.80.